The third-order valence-electron chi connectivity index (χ3n) is 6.72. The molecule has 180 valence electrons. The number of benzene rings is 2. The lowest BCUT2D eigenvalue weighted by Gasteiger charge is -2.22. The molecule has 4 nitrogen and oxygen atoms in total. The number of rotatable bonds is 5. The smallest absolute Gasteiger partial charge is 0.232 e. The number of hydrogen-bond donors (Lipinski definition) is 1. The van der Waals surface area contributed by atoms with E-state index in [1.165, 1.54) is 11.1 Å². The molecule has 2 aromatic carbocycles. The minimum atomic E-state index is 0.107. The average Bonchev–Trinajstić information content (AvgIpc) is 2.82. The zero-order chi connectivity index (χ0) is 24.3. The fourth-order valence-electron chi connectivity index (χ4n) is 4.36. The largest absolute Gasteiger partial charge is 0.476 e. The van der Waals surface area contributed by atoms with Crippen LogP contribution in [0.1, 0.15) is 65.5 Å². The van der Waals surface area contributed by atoms with Gasteiger partial charge in [0.25, 0.3) is 0 Å². The third-order valence-corrected chi connectivity index (χ3v) is 6.72. The van der Waals surface area contributed by atoms with Crippen LogP contribution in [0.25, 0.3) is 22.5 Å². The molecular formula is C30H39N3O. The van der Waals surface area contributed by atoms with Crippen LogP contribution in [0, 0.1) is 5.92 Å². The number of nitrogens with one attached hydrogen (secondary N) is 1. The summed E-state index contributed by atoms with van der Waals surface area (Å²) in [7, 11) is 0. The van der Waals surface area contributed by atoms with Gasteiger partial charge in [0.2, 0.25) is 5.88 Å². The van der Waals surface area contributed by atoms with Crippen molar-refractivity contribution in [3.63, 3.8) is 0 Å². The summed E-state index contributed by atoms with van der Waals surface area (Å²) in [5, 5.41) is 3.41. The zero-order valence-corrected chi connectivity index (χ0v) is 21.6. The summed E-state index contributed by atoms with van der Waals surface area (Å²) < 4.78 is 6.14. The Hall–Kier alpha value is -2.72. The Balaban J connectivity index is 1.68. The minimum absolute atomic E-state index is 0.107. The van der Waals surface area contributed by atoms with Gasteiger partial charge in [-0.15, -0.1) is 0 Å². The molecule has 1 saturated heterocycles. The van der Waals surface area contributed by atoms with Crippen LogP contribution in [-0.4, -0.2) is 29.7 Å². The summed E-state index contributed by atoms with van der Waals surface area (Å²) in [4.78, 5) is 9.82. The predicted octanol–water partition coefficient (Wildman–Crippen LogP) is 6.78. The molecule has 1 N–H and O–H groups in total. The molecule has 3 aromatic rings. The van der Waals surface area contributed by atoms with Crippen molar-refractivity contribution in [3.05, 3.63) is 65.9 Å². The molecule has 0 unspecified atom stereocenters. The average molecular weight is 458 g/mol. The van der Waals surface area contributed by atoms with Crippen molar-refractivity contribution in [2.45, 2.75) is 65.2 Å². The topological polar surface area (TPSA) is 47.0 Å². The van der Waals surface area contributed by atoms with E-state index < -0.39 is 0 Å². The number of aromatic nitrogens is 2. The van der Waals surface area contributed by atoms with Crippen LogP contribution in [0.2, 0.25) is 0 Å². The van der Waals surface area contributed by atoms with E-state index in [-0.39, 0.29) is 10.8 Å². The van der Waals surface area contributed by atoms with Crippen molar-refractivity contribution in [2.24, 2.45) is 5.92 Å². The summed E-state index contributed by atoms with van der Waals surface area (Å²) in [5.41, 5.74) is 6.71. The highest BCUT2D eigenvalue weighted by Crippen LogP contribution is 2.33. The third kappa shape index (κ3) is 5.85. The molecule has 0 amide bonds. The monoisotopic (exact) mass is 457 g/mol. The van der Waals surface area contributed by atoms with Gasteiger partial charge in [-0.3, -0.25) is 0 Å². The lowest BCUT2D eigenvalue weighted by Crippen LogP contribution is -2.30. The molecule has 0 spiro atoms. The van der Waals surface area contributed by atoms with Crippen molar-refractivity contribution in [1.29, 1.82) is 0 Å². The normalized spacial score (nSPS) is 15.4. The maximum Gasteiger partial charge on any atom is 0.232 e. The van der Waals surface area contributed by atoms with Crippen LogP contribution in [0.4, 0.5) is 0 Å². The zero-order valence-electron chi connectivity index (χ0n) is 21.6. The maximum absolute atomic E-state index is 6.14. The second-order valence-corrected chi connectivity index (χ2v) is 11.6. The lowest BCUT2D eigenvalue weighted by atomic mass is 9.86. The van der Waals surface area contributed by atoms with Crippen molar-refractivity contribution in [3.8, 4) is 28.4 Å². The molecule has 4 heteroatoms. The second kappa shape index (κ2) is 9.87. The van der Waals surface area contributed by atoms with E-state index in [1.807, 2.05) is 0 Å². The van der Waals surface area contributed by atoms with E-state index in [0.717, 1.165) is 48.4 Å². The Morgan fingerprint density at radius 1 is 0.765 bits per heavy atom. The van der Waals surface area contributed by atoms with Gasteiger partial charge in [0.1, 0.15) is 5.69 Å². The van der Waals surface area contributed by atoms with Gasteiger partial charge >= 0.3 is 0 Å². The van der Waals surface area contributed by atoms with Gasteiger partial charge in [0.15, 0.2) is 0 Å². The molecule has 0 bridgehead atoms. The van der Waals surface area contributed by atoms with Crippen molar-refractivity contribution < 1.29 is 4.74 Å². The van der Waals surface area contributed by atoms with Crippen LogP contribution in [0.15, 0.2) is 54.7 Å². The van der Waals surface area contributed by atoms with E-state index in [2.05, 4.69) is 95.4 Å². The fourth-order valence-corrected chi connectivity index (χ4v) is 4.36. The molecule has 0 aliphatic carbocycles. The van der Waals surface area contributed by atoms with E-state index in [0.29, 0.717) is 18.4 Å². The first-order valence-corrected chi connectivity index (χ1v) is 12.5. The van der Waals surface area contributed by atoms with E-state index >= 15 is 0 Å². The molecule has 1 aromatic heterocycles. The summed E-state index contributed by atoms with van der Waals surface area (Å²) in [6.45, 7) is 16.2. The quantitative estimate of drug-likeness (QED) is 0.458. The number of ether oxygens (including phenoxy) is 1. The first-order chi connectivity index (χ1) is 16.1. The molecule has 1 aliphatic heterocycles. The fraction of sp³-hybridized carbons (Fsp3) is 0.467. The molecule has 34 heavy (non-hydrogen) atoms. The molecule has 1 fully saturated rings. The van der Waals surface area contributed by atoms with Crippen molar-refractivity contribution in [1.82, 2.24) is 15.3 Å². The van der Waals surface area contributed by atoms with Gasteiger partial charge in [-0.2, -0.15) is 0 Å². The molecule has 0 radical (unpaired) electrons. The first-order valence-electron chi connectivity index (χ1n) is 12.5. The lowest BCUT2D eigenvalue weighted by molar-refractivity contribution is 0.208. The summed E-state index contributed by atoms with van der Waals surface area (Å²) >= 11 is 0. The van der Waals surface area contributed by atoms with Gasteiger partial charge in [-0.05, 0) is 53.8 Å². The van der Waals surface area contributed by atoms with E-state index in [9.17, 15) is 0 Å². The highest BCUT2D eigenvalue weighted by molar-refractivity contribution is 5.78. The number of piperidine rings is 1. The van der Waals surface area contributed by atoms with Gasteiger partial charge in [-0.25, -0.2) is 9.97 Å². The van der Waals surface area contributed by atoms with Gasteiger partial charge in [0.05, 0.1) is 18.5 Å². The summed E-state index contributed by atoms with van der Waals surface area (Å²) in [5.74, 6) is 1.17. The Morgan fingerprint density at radius 3 is 1.76 bits per heavy atom. The van der Waals surface area contributed by atoms with Crippen LogP contribution >= 0.6 is 0 Å². The molecule has 4 rings (SSSR count). The van der Waals surface area contributed by atoms with Crippen LogP contribution in [-0.2, 0) is 10.8 Å². The van der Waals surface area contributed by atoms with Crippen molar-refractivity contribution >= 4 is 0 Å². The summed E-state index contributed by atoms with van der Waals surface area (Å²) in [6.07, 6.45) is 4.07. The number of nitrogens with zero attached hydrogens (tertiary/aromatic N) is 2. The predicted molar refractivity (Wildman–Crippen MR) is 141 cm³/mol. The molecule has 0 saturated carbocycles. The molecule has 0 atom stereocenters. The molecule has 2 heterocycles. The Kier molecular flexibility index (Phi) is 7.09. The van der Waals surface area contributed by atoms with Gasteiger partial charge in [0, 0.05) is 11.1 Å². The van der Waals surface area contributed by atoms with Gasteiger partial charge < -0.3 is 10.1 Å². The van der Waals surface area contributed by atoms with E-state index in [1.54, 1.807) is 6.20 Å². The maximum atomic E-state index is 6.14. The molecular weight excluding hydrogens is 418 g/mol. The molecule has 1 aliphatic rings. The van der Waals surface area contributed by atoms with E-state index in [4.69, 9.17) is 14.7 Å². The highest BCUT2D eigenvalue weighted by Gasteiger charge is 2.19. The highest BCUT2D eigenvalue weighted by atomic mass is 16.5. The van der Waals surface area contributed by atoms with Crippen LogP contribution in [0.3, 0.4) is 0 Å². The van der Waals surface area contributed by atoms with Crippen LogP contribution < -0.4 is 10.1 Å². The SMILES string of the molecule is CC(C)(C)c1ccc(-c2ncc(OCC3CCNCC3)nc2-c2ccc(C(C)(C)C)cc2)cc1. The van der Waals surface area contributed by atoms with Gasteiger partial charge in [-0.1, -0.05) is 90.1 Å². The Labute approximate surface area is 205 Å². The number of hydrogen-bond acceptors (Lipinski definition) is 4. The standard InChI is InChI=1S/C30H39N3O/c1-29(2,3)24-11-7-22(8-12-24)27-28(23-9-13-25(14-10-23)30(4,5)6)33-26(19-32-27)34-20-21-15-17-31-18-16-21/h7-14,19,21,31H,15-18,20H2,1-6H3. The second-order valence-electron chi connectivity index (χ2n) is 11.6. The minimum Gasteiger partial charge on any atom is -0.476 e. The Bertz CT molecular complexity index is 1080. The van der Waals surface area contributed by atoms with Crippen LogP contribution in [0.5, 0.6) is 5.88 Å². The summed E-state index contributed by atoms with van der Waals surface area (Å²) in [6, 6.07) is 17.4. The Morgan fingerprint density at radius 2 is 1.26 bits per heavy atom. The van der Waals surface area contributed by atoms with Crippen molar-refractivity contribution in [2.75, 3.05) is 19.7 Å². The first kappa shape index (κ1) is 24.4.